The average Bonchev–Trinajstić information content (AvgIpc) is 2.53. The minimum Gasteiger partial charge on any atom is -0.202 e. The van der Waals surface area contributed by atoms with E-state index in [1.807, 2.05) is 36.4 Å². The smallest absolute Gasteiger partial charge is 0.202 e. The van der Waals surface area contributed by atoms with E-state index in [4.69, 9.17) is 0 Å². The summed E-state index contributed by atoms with van der Waals surface area (Å²) in [5.74, 6) is 0.173. The molecule has 0 aliphatic heterocycles. The maximum absolute atomic E-state index is 11.8. The molecule has 0 aliphatic rings. The highest BCUT2D eigenvalue weighted by Gasteiger charge is 2.16. The fourth-order valence-corrected chi connectivity index (χ4v) is 2.99. The molecule has 1 N–H and O–H groups in total. The van der Waals surface area contributed by atoms with Crippen molar-refractivity contribution in [1.82, 2.24) is 9.03 Å². The van der Waals surface area contributed by atoms with Crippen LogP contribution in [0.1, 0.15) is 23.5 Å². The predicted molar refractivity (Wildman–Crippen MR) is 90.0 cm³/mol. The Labute approximate surface area is 133 Å². The SMILES string of the molecule is CN(C)S(=O)(=O)NCCC(c1ccccc1)c1ccccc1. The van der Waals surface area contributed by atoms with Gasteiger partial charge in [-0.15, -0.1) is 0 Å². The third-order valence-electron chi connectivity index (χ3n) is 3.60. The van der Waals surface area contributed by atoms with Crippen molar-refractivity contribution in [2.75, 3.05) is 20.6 Å². The number of benzene rings is 2. The summed E-state index contributed by atoms with van der Waals surface area (Å²) < 4.78 is 27.4. The third kappa shape index (κ3) is 4.40. The van der Waals surface area contributed by atoms with Crippen molar-refractivity contribution in [1.29, 1.82) is 0 Å². The van der Waals surface area contributed by atoms with Crippen molar-refractivity contribution in [3.63, 3.8) is 0 Å². The van der Waals surface area contributed by atoms with Crippen molar-refractivity contribution in [2.45, 2.75) is 12.3 Å². The van der Waals surface area contributed by atoms with E-state index in [0.717, 1.165) is 0 Å². The molecule has 0 saturated heterocycles. The fourth-order valence-electron chi connectivity index (χ4n) is 2.36. The molecule has 0 spiro atoms. The first-order valence-electron chi connectivity index (χ1n) is 7.27. The normalized spacial score (nSPS) is 12.0. The zero-order valence-corrected chi connectivity index (χ0v) is 13.8. The first kappa shape index (κ1) is 16.7. The first-order chi connectivity index (χ1) is 10.5. The number of nitrogens with zero attached hydrogens (tertiary/aromatic N) is 1. The molecule has 4 nitrogen and oxygen atoms in total. The van der Waals surface area contributed by atoms with Gasteiger partial charge in [0.2, 0.25) is 0 Å². The van der Waals surface area contributed by atoms with Crippen LogP contribution in [0.3, 0.4) is 0 Å². The molecule has 5 heteroatoms. The van der Waals surface area contributed by atoms with E-state index in [-0.39, 0.29) is 5.92 Å². The van der Waals surface area contributed by atoms with Gasteiger partial charge in [0.25, 0.3) is 10.2 Å². The standard InChI is InChI=1S/C17H22N2O2S/c1-19(2)22(20,21)18-14-13-17(15-9-5-3-6-10-15)16-11-7-4-8-12-16/h3-12,17-18H,13-14H2,1-2H3. The van der Waals surface area contributed by atoms with Gasteiger partial charge in [-0.2, -0.15) is 12.7 Å². The molecule has 22 heavy (non-hydrogen) atoms. The lowest BCUT2D eigenvalue weighted by Gasteiger charge is -2.19. The Bertz CT molecular complexity index is 631. The van der Waals surface area contributed by atoms with Crippen LogP contribution in [0, 0.1) is 0 Å². The zero-order valence-electron chi connectivity index (χ0n) is 12.9. The molecule has 118 valence electrons. The lowest BCUT2D eigenvalue weighted by molar-refractivity contribution is 0.502. The fraction of sp³-hybridized carbons (Fsp3) is 0.294. The molecule has 0 atom stereocenters. The Kier molecular flexibility index (Phi) is 5.71. The van der Waals surface area contributed by atoms with E-state index >= 15 is 0 Å². The second kappa shape index (κ2) is 7.54. The van der Waals surface area contributed by atoms with Gasteiger partial charge in [-0.3, -0.25) is 0 Å². The van der Waals surface area contributed by atoms with Gasteiger partial charge in [0, 0.05) is 26.6 Å². The molecule has 0 heterocycles. The largest absolute Gasteiger partial charge is 0.278 e. The van der Waals surface area contributed by atoms with Gasteiger partial charge in [-0.25, -0.2) is 4.72 Å². The van der Waals surface area contributed by atoms with E-state index in [1.54, 1.807) is 0 Å². The van der Waals surface area contributed by atoms with Crippen LogP contribution < -0.4 is 4.72 Å². The summed E-state index contributed by atoms with van der Waals surface area (Å²) in [5, 5.41) is 0. The monoisotopic (exact) mass is 318 g/mol. The van der Waals surface area contributed by atoms with Gasteiger partial charge in [0.15, 0.2) is 0 Å². The molecule has 0 radical (unpaired) electrons. The van der Waals surface area contributed by atoms with Gasteiger partial charge in [0.05, 0.1) is 0 Å². The summed E-state index contributed by atoms with van der Waals surface area (Å²) in [4.78, 5) is 0. The van der Waals surface area contributed by atoms with Crippen molar-refractivity contribution in [2.24, 2.45) is 0 Å². The predicted octanol–water partition coefficient (Wildman–Crippen LogP) is 2.60. The Hall–Kier alpha value is -1.69. The van der Waals surface area contributed by atoms with Crippen LogP contribution in [0.5, 0.6) is 0 Å². The van der Waals surface area contributed by atoms with Gasteiger partial charge in [0.1, 0.15) is 0 Å². The van der Waals surface area contributed by atoms with Gasteiger partial charge in [-0.05, 0) is 17.5 Å². The van der Waals surface area contributed by atoms with Crippen LogP contribution >= 0.6 is 0 Å². The molecule has 0 unspecified atom stereocenters. The molecule has 2 aromatic rings. The number of rotatable bonds is 7. The summed E-state index contributed by atoms with van der Waals surface area (Å²) in [5.41, 5.74) is 2.38. The van der Waals surface area contributed by atoms with Crippen molar-refractivity contribution in [3.8, 4) is 0 Å². The molecule has 2 rings (SSSR count). The summed E-state index contributed by atoms with van der Waals surface area (Å²) in [6.45, 7) is 0.398. The third-order valence-corrected chi connectivity index (χ3v) is 5.13. The molecule has 0 saturated carbocycles. The maximum atomic E-state index is 11.8. The second-order valence-corrected chi connectivity index (χ2v) is 7.31. The molecule has 0 aliphatic carbocycles. The van der Waals surface area contributed by atoms with Crippen molar-refractivity contribution in [3.05, 3.63) is 71.8 Å². The lowest BCUT2D eigenvalue weighted by atomic mass is 9.89. The highest BCUT2D eigenvalue weighted by molar-refractivity contribution is 7.87. The molecular weight excluding hydrogens is 296 g/mol. The van der Waals surface area contributed by atoms with E-state index in [2.05, 4.69) is 29.0 Å². The number of hydrogen-bond acceptors (Lipinski definition) is 2. The van der Waals surface area contributed by atoms with Crippen LogP contribution in [-0.2, 0) is 10.2 Å². The maximum Gasteiger partial charge on any atom is 0.278 e. The molecule has 0 aromatic heterocycles. The average molecular weight is 318 g/mol. The summed E-state index contributed by atoms with van der Waals surface area (Å²) in [6.07, 6.45) is 0.709. The second-order valence-electron chi connectivity index (χ2n) is 5.34. The zero-order chi connectivity index (χ0) is 16.0. The molecule has 0 fully saturated rings. The summed E-state index contributed by atoms with van der Waals surface area (Å²) >= 11 is 0. The van der Waals surface area contributed by atoms with Crippen molar-refractivity contribution < 1.29 is 8.42 Å². The van der Waals surface area contributed by atoms with E-state index < -0.39 is 10.2 Å². The first-order valence-corrected chi connectivity index (χ1v) is 8.72. The topological polar surface area (TPSA) is 49.4 Å². The Morgan fingerprint density at radius 2 is 1.36 bits per heavy atom. The quantitative estimate of drug-likeness (QED) is 0.853. The minimum atomic E-state index is -3.37. The molecule has 0 amide bonds. The Morgan fingerprint density at radius 3 is 1.77 bits per heavy atom. The van der Waals surface area contributed by atoms with E-state index in [0.29, 0.717) is 13.0 Å². The van der Waals surface area contributed by atoms with Gasteiger partial charge >= 0.3 is 0 Å². The molecule has 0 bridgehead atoms. The lowest BCUT2D eigenvalue weighted by Crippen LogP contribution is -2.36. The number of hydrogen-bond donors (Lipinski definition) is 1. The molecular formula is C17H22N2O2S. The van der Waals surface area contributed by atoms with Crippen LogP contribution in [0.4, 0.5) is 0 Å². The van der Waals surface area contributed by atoms with Crippen LogP contribution in [0.15, 0.2) is 60.7 Å². The van der Waals surface area contributed by atoms with Crippen LogP contribution in [-0.4, -0.2) is 33.4 Å². The highest BCUT2D eigenvalue weighted by atomic mass is 32.2. The summed E-state index contributed by atoms with van der Waals surface area (Å²) in [6, 6.07) is 20.3. The van der Waals surface area contributed by atoms with Gasteiger partial charge in [-0.1, -0.05) is 60.7 Å². The molecule has 2 aromatic carbocycles. The number of nitrogens with one attached hydrogen (secondary N) is 1. The Balaban J connectivity index is 2.13. The van der Waals surface area contributed by atoms with E-state index in [9.17, 15) is 8.42 Å². The Morgan fingerprint density at radius 1 is 0.909 bits per heavy atom. The van der Waals surface area contributed by atoms with Crippen molar-refractivity contribution >= 4 is 10.2 Å². The van der Waals surface area contributed by atoms with Crippen LogP contribution in [0.2, 0.25) is 0 Å². The van der Waals surface area contributed by atoms with E-state index in [1.165, 1.54) is 29.5 Å². The minimum absolute atomic E-state index is 0.173. The van der Waals surface area contributed by atoms with Crippen LogP contribution in [0.25, 0.3) is 0 Å². The van der Waals surface area contributed by atoms with Gasteiger partial charge < -0.3 is 0 Å². The highest BCUT2D eigenvalue weighted by Crippen LogP contribution is 2.27. The summed E-state index contributed by atoms with van der Waals surface area (Å²) in [7, 11) is -0.331.